The lowest BCUT2D eigenvalue weighted by Crippen LogP contribution is -2.24. The number of carboxylic acids is 1. The van der Waals surface area contributed by atoms with Gasteiger partial charge in [-0.1, -0.05) is 41.0 Å². The maximum Gasteiger partial charge on any atom is 0.345 e. The van der Waals surface area contributed by atoms with E-state index in [-0.39, 0.29) is 6.42 Å². The Bertz CT molecular complexity index is 947. The second-order valence-corrected chi connectivity index (χ2v) is 5.94. The second kappa shape index (κ2) is 4.99. The van der Waals surface area contributed by atoms with E-state index >= 15 is 0 Å². The number of nitrogens with zero attached hydrogens (tertiary/aromatic N) is 1. The lowest BCUT2D eigenvalue weighted by atomic mass is 10.0. The number of hydrogen-bond donors (Lipinski definition) is 1. The molecule has 0 bridgehead atoms. The molecule has 2 heterocycles. The summed E-state index contributed by atoms with van der Waals surface area (Å²) in [4.78, 5) is 11.2. The third-order valence-corrected chi connectivity index (χ3v) is 4.37. The highest BCUT2D eigenvalue weighted by Gasteiger charge is 2.34. The molecule has 1 N–H and O–H groups in total. The summed E-state index contributed by atoms with van der Waals surface area (Å²) in [6.45, 7) is 1.99. The predicted molar refractivity (Wildman–Crippen MR) is 84.9 cm³/mol. The minimum absolute atomic E-state index is 0.212. The van der Waals surface area contributed by atoms with Crippen molar-refractivity contribution in [3.63, 3.8) is 0 Å². The van der Waals surface area contributed by atoms with Gasteiger partial charge in [0.25, 0.3) is 0 Å². The molecule has 116 valence electrons. The van der Waals surface area contributed by atoms with E-state index in [4.69, 9.17) is 26.0 Å². The van der Waals surface area contributed by atoms with Gasteiger partial charge in [-0.3, -0.25) is 0 Å². The number of hydrogen-bond acceptors (Lipinski definition) is 4. The number of ether oxygens (including phenoxy) is 1. The molecule has 1 atom stereocenters. The van der Waals surface area contributed by atoms with Crippen LogP contribution < -0.4 is 4.74 Å². The zero-order valence-corrected chi connectivity index (χ0v) is 12.9. The smallest absolute Gasteiger partial charge is 0.345 e. The summed E-state index contributed by atoms with van der Waals surface area (Å²) < 4.78 is 10.9. The standard InChI is InChI=1S/C17H12ClNO4/c1-8-4-2-3-5-9(8)14-10-6-12(18)16-11(15(10)23-19-14)7-13(22-16)17(20)21/h2-6,13H,7H2,1H3,(H,20,21). The first-order chi connectivity index (χ1) is 11.1. The largest absolute Gasteiger partial charge is 0.478 e. The highest BCUT2D eigenvalue weighted by atomic mass is 35.5. The Balaban J connectivity index is 1.94. The summed E-state index contributed by atoms with van der Waals surface area (Å²) in [7, 11) is 0. The number of carboxylic acid groups (broad SMARTS) is 1. The number of aliphatic carboxylic acids is 1. The molecule has 1 aromatic heterocycles. The number of aromatic nitrogens is 1. The highest BCUT2D eigenvalue weighted by Crippen LogP contribution is 2.44. The molecule has 1 unspecified atom stereocenters. The summed E-state index contributed by atoms with van der Waals surface area (Å²) in [5.41, 5.74) is 3.91. The number of carbonyl (C=O) groups is 1. The molecule has 3 aromatic rings. The fraction of sp³-hybridized carbons (Fsp3) is 0.176. The minimum Gasteiger partial charge on any atom is -0.478 e. The van der Waals surface area contributed by atoms with Crippen molar-refractivity contribution in [1.29, 1.82) is 0 Å². The summed E-state index contributed by atoms with van der Waals surface area (Å²) in [5.74, 6) is -0.650. The molecule has 23 heavy (non-hydrogen) atoms. The van der Waals surface area contributed by atoms with Crippen LogP contribution >= 0.6 is 11.6 Å². The van der Waals surface area contributed by atoms with E-state index in [0.29, 0.717) is 27.6 Å². The van der Waals surface area contributed by atoms with E-state index in [1.807, 2.05) is 31.2 Å². The molecular weight excluding hydrogens is 318 g/mol. The fourth-order valence-electron chi connectivity index (χ4n) is 2.94. The molecule has 5 nitrogen and oxygen atoms in total. The summed E-state index contributed by atoms with van der Waals surface area (Å²) in [6.07, 6.45) is -0.732. The van der Waals surface area contributed by atoms with Gasteiger partial charge in [0.1, 0.15) is 11.4 Å². The first-order valence-electron chi connectivity index (χ1n) is 7.12. The molecule has 1 aliphatic rings. The average molecular weight is 330 g/mol. The third-order valence-electron chi connectivity index (χ3n) is 4.09. The average Bonchev–Trinajstić information content (AvgIpc) is 3.12. The topological polar surface area (TPSA) is 72.6 Å². The van der Waals surface area contributed by atoms with Crippen molar-refractivity contribution in [1.82, 2.24) is 5.16 Å². The van der Waals surface area contributed by atoms with Crippen LogP contribution in [0.1, 0.15) is 11.1 Å². The number of fused-ring (bicyclic) bond motifs is 3. The van der Waals surface area contributed by atoms with Crippen LogP contribution in [-0.4, -0.2) is 22.3 Å². The Morgan fingerprint density at radius 2 is 2.17 bits per heavy atom. The molecule has 0 spiro atoms. The minimum atomic E-state index is -1.02. The molecule has 4 rings (SSSR count). The molecule has 0 aliphatic carbocycles. The zero-order valence-electron chi connectivity index (χ0n) is 12.2. The van der Waals surface area contributed by atoms with E-state index in [9.17, 15) is 4.79 Å². The van der Waals surface area contributed by atoms with Crippen LogP contribution in [0, 0.1) is 6.92 Å². The van der Waals surface area contributed by atoms with Crippen molar-refractivity contribution in [2.45, 2.75) is 19.4 Å². The summed E-state index contributed by atoms with van der Waals surface area (Å²) >= 11 is 6.29. The van der Waals surface area contributed by atoms with E-state index < -0.39 is 12.1 Å². The molecule has 0 amide bonds. The van der Waals surface area contributed by atoms with Crippen molar-refractivity contribution in [3.8, 4) is 17.0 Å². The molecule has 6 heteroatoms. The van der Waals surface area contributed by atoms with Crippen molar-refractivity contribution >= 4 is 28.5 Å². The molecular formula is C17H12ClNO4. The first-order valence-corrected chi connectivity index (χ1v) is 7.50. The third kappa shape index (κ3) is 2.08. The molecule has 0 saturated heterocycles. The fourth-order valence-corrected chi connectivity index (χ4v) is 3.21. The van der Waals surface area contributed by atoms with Crippen LogP contribution in [0.4, 0.5) is 0 Å². The molecule has 1 aliphatic heterocycles. The van der Waals surface area contributed by atoms with Crippen molar-refractivity contribution in [3.05, 3.63) is 46.5 Å². The lowest BCUT2D eigenvalue weighted by molar-refractivity contribution is -0.144. The maximum absolute atomic E-state index is 11.2. The lowest BCUT2D eigenvalue weighted by Gasteiger charge is -2.05. The quantitative estimate of drug-likeness (QED) is 0.773. The number of rotatable bonds is 2. The van der Waals surface area contributed by atoms with Crippen molar-refractivity contribution < 1.29 is 19.2 Å². The molecule has 0 radical (unpaired) electrons. The van der Waals surface area contributed by atoms with Crippen LogP contribution in [0.3, 0.4) is 0 Å². The van der Waals surface area contributed by atoms with Gasteiger partial charge in [0, 0.05) is 17.5 Å². The number of halogens is 1. The van der Waals surface area contributed by atoms with Crippen LogP contribution in [-0.2, 0) is 11.2 Å². The number of aryl methyl sites for hydroxylation is 1. The maximum atomic E-state index is 11.2. The summed E-state index contributed by atoms with van der Waals surface area (Å²) in [6, 6.07) is 9.56. The number of benzene rings is 2. The highest BCUT2D eigenvalue weighted by molar-refractivity contribution is 6.33. The van der Waals surface area contributed by atoms with Gasteiger partial charge in [0.05, 0.1) is 10.4 Å². The van der Waals surface area contributed by atoms with Gasteiger partial charge in [-0.2, -0.15) is 0 Å². The second-order valence-electron chi connectivity index (χ2n) is 5.54. The zero-order chi connectivity index (χ0) is 16.1. The Morgan fingerprint density at radius 3 is 2.91 bits per heavy atom. The van der Waals surface area contributed by atoms with Gasteiger partial charge in [-0.05, 0) is 18.6 Å². The van der Waals surface area contributed by atoms with Gasteiger partial charge < -0.3 is 14.4 Å². The van der Waals surface area contributed by atoms with Gasteiger partial charge in [0.2, 0.25) is 0 Å². The Hall–Kier alpha value is -2.53. The van der Waals surface area contributed by atoms with Crippen LogP contribution in [0.5, 0.6) is 5.75 Å². The Kier molecular flexibility index (Phi) is 3.06. The van der Waals surface area contributed by atoms with Crippen LogP contribution in [0.15, 0.2) is 34.9 Å². The Labute approximate surface area is 136 Å². The predicted octanol–water partition coefficient (Wildman–Crippen LogP) is 3.84. The monoisotopic (exact) mass is 329 g/mol. The van der Waals surface area contributed by atoms with Gasteiger partial charge in [-0.15, -0.1) is 0 Å². The Morgan fingerprint density at radius 1 is 1.39 bits per heavy atom. The van der Waals surface area contributed by atoms with Gasteiger partial charge >= 0.3 is 5.97 Å². The van der Waals surface area contributed by atoms with E-state index in [2.05, 4.69) is 5.16 Å². The first kappa shape index (κ1) is 14.1. The van der Waals surface area contributed by atoms with E-state index in [0.717, 1.165) is 16.5 Å². The molecule has 0 saturated carbocycles. The van der Waals surface area contributed by atoms with Crippen molar-refractivity contribution in [2.75, 3.05) is 0 Å². The van der Waals surface area contributed by atoms with Gasteiger partial charge in [-0.25, -0.2) is 4.79 Å². The SMILES string of the molecule is Cc1ccccc1-c1noc2c3c(c(Cl)cc12)OC(C(=O)O)C3. The van der Waals surface area contributed by atoms with Crippen LogP contribution in [0.2, 0.25) is 5.02 Å². The molecule has 2 aromatic carbocycles. The molecule has 0 fully saturated rings. The van der Waals surface area contributed by atoms with E-state index in [1.54, 1.807) is 6.07 Å². The van der Waals surface area contributed by atoms with Crippen molar-refractivity contribution in [2.24, 2.45) is 0 Å². The normalized spacial score (nSPS) is 16.3. The van der Waals surface area contributed by atoms with E-state index in [1.165, 1.54) is 0 Å². The van der Waals surface area contributed by atoms with Crippen LogP contribution in [0.25, 0.3) is 22.2 Å². The summed E-state index contributed by atoms with van der Waals surface area (Å²) in [5, 5.41) is 14.5. The van der Waals surface area contributed by atoms with Gasteiger partial charge in [0.15, 0.2) is 11.7 Å².